The van der Waals surface area contributed by atoms with Gasteiger partial charge in [0, 0.05) is 56.2 Å². The van der Waals surface area contributed by atoms with Crippen molar-refractivity contribution in [3.63, 3.8) is 0 Å². The molecule has 0 bridgehead atoms. The van der Waals surface area contributed by atoms with Crippen LogP contribution in [-0.2, 0) is 22.1 Å². The zero-order valence-electron chi connectivity index (χ0n) is 22.1. The van der Waals surface area contributed by atoms with Crippen LogP contribution in [0.25, 0.3) is 11.6 Å². The number of rotatable bonds is 3. The molecule has 2 aliphatic heterocycles. The van der Waals surface area contributed by atoms with E-state index in [2.05, 4.69) is 28.1 Å². The highest BCUT2D eigenvalue weighted by Gasteiger charge is 2.53. The van der Waals surface area contributed by atoms with Gasteiger partial charge >= 0.3 is 6.09 Å². The Morgan fingerprint density at radius 3 is 2.58 bits per heavy atom. The summed E-state index contributed by atoms with van der Waals surface area (Å²) < 4.78 is 13.7. The molecule has 38 heavy (non-hydrogen) atoms. The van der Waals surface area contributed by atoms with Crippen molar-refractivity contribution in [2.24, 2.45) is 7.05 Å². The summed E-state index contributed by atoms with van der Waals surface area (Å²) in [5.74, 6) is 0. The highest BCUT2D eigenvalue weighted by molar-refractivity contribution is 6.30. The van der Waals surface area contributed by atoms with E-state index >= 15 is 0 Å². The Morgan fingerprint density at radius 2 is 1.92 bits per heavy atom. The average molecular weight is 534 g/mol. The molecule has 4 heterocycles. The van der Waals surface area contributed by atoms with Crippen LogP contribution in [0, 0.1) is 0 Å². The number of carbonyl (C=O) groups excluding carboxylic acids is 1. The van der Waals surface area contributed by atoms with Gasteiger partial charge in [-0.3, -0.25) is 9.88 Å². The van der Waals surface area contributed by atoms with Crippen LogP contribution in [0.1, 0.15) is 54.9 Å². The molecule has 0 radical (unpaired) electrons. The molecule has 1 unspecified atom stereocenters. The molecule has 2 atom stereocenters. The van der Waals surface area contributed by atoms with E-state index in [0.717, 1.165) is 33.7 Å². The van der Waals surface area contributed by atoms with Gasteiger partial charge in [0.2, 0.25) is 0 Å². The SMILES string of the molecule is Cn1cnc(C2(C3=Cc4cccnc4[C@@H](N4CCN(C(=O)OC(C)(C)C)CC4)c4ccc(Cl)cc43)CO2)c1. The Balaban J connectivity index is 1.40. The molecule has 3 aliphatic rings. The third-order valence-corrected chi connectivity index (χ3v) is 7.58. The van der Waals surface area contributed by atoms with E-state index in [9.17, 15) is 4.79 Å². The summed E-state index contributed by atoms with van der Waals surface area (Å²) in [6, 6.07) is 10.0. The number of hydrogen-bond acceptors (Lipinski definition) is 6. The van der Waals surface area contributed by atoms with E-state index in [0.29, 0.717) is 37.8 Å². The fourth-order valence-electron chi connectivity index (χ4n) is 5.49. The summed E-state index contributed by atoms with van der Waals surface area (Å²) in [6.45, 7) is 8.78. The van der Waals surface area contributed by atoms with Crippen molar-refractivity contribution >= 4 is 29.3 Å². The number of amides is 1. The fraction of sp³-hybridized carbons (Fsp3) is 0.414. The molecule has 6 rings (SSSR count). The quantitative estimate of drug-likeness (QED) is 0.446. The molecule has 2 aromatic heterocycles. The molecule has 0 saturated carbocycles. The van der Waals surface area contributed by atoms with Crippen molar-refractivity contribution in [1.82, 2.24) is 24.3 Å². The van der Waals surface area contributed by atoms with Gasteiger partial charge in [-0.15, -0.1) is 0 Å². The number of fused-ring (bicyclic) bond motifs is 2. The third-order valence-electron chi connectivity index (χ3n) is 7.35. The molecule has 198 valence electrons. The first-order chi connectivity index (χ1) is 18.1. The summed E-state index contributed by atoms with van der Waals surface area (Å²) in [5.41, 5.74) is 4.96. The van der Waals surface area contributed by atoms with Crippen molar-refractivity contribution in [2.75, 3.05) is 32.8 Å². The molecule has 0 N–H and O–H groups in total. The van der Waals surface area contributed by atoms with E-state index < -0.39 is 11.2 Å². The number of imidazole rings is 1. The number of piperazine rings is 1. The molecule has 1 amide bonds. The molecule has 1 aliphatic carbocycles. The maximum absolute atomic E-state index is 12.7. The number of pyridine rings is 1. The molecule has 1 aromatic carbocycles. The highest BCUT2D eigenvalue weighted by atomic mass is 35.5. The fourth-order valence-corrected chi connectivity index (χ4v) is 5.66. The van der Waals surface area contributed by atoms with Gasteiger partial charge in [0.15, 0.2) is 5.60 Å². The van der Waals surface area contributed by atoms with E-state index in [1.165, 1.54) is 0 Å². The minimum absolute atomic E-state index is 0.104. The molecular formula is C29H32ClN5O3. The van der Waals surface area contributed by atoms with Crippen molar-refractivity contribution in [1.29, 1.82) is 0 Å². The van der Waals surface area contributed by atoms with Gasteiger partial charge in [0.25, 0.3) is 0 Å². The lowest BCUT2D eigenvalue weighted by Gasteiger charge is -2.40. The summed E-state index contributed by atoms with van der Waals surface area (Å²) in [7, 11) is 1.96. The average Bonchev–Trinajstić information content (AvgIpc) is 3.59. The maximum atomic E-state index is 12.7. The molecular weight excluding hydrogens is 502 g/mol. The lowest BCUT2D eigenvalue weighted by atomic mass is 9.86. The van der Waals surface area contributed by atoms with Crippen LogP contribution < -0.4 is 0 Å². The number of ether oxygens (including phenoxy) is 2. The van der Waals surface area contributed by atoms with Gasteiger partial charge in [-0.05, 0) is 61.7 Å². The number of benzene rings is 1. The second-order valence-electron chi connectivity index (χ2n) is 11.2. The molecule has 2 fully saturated rings. The van der Waals surface area contributed by atoms with E-state index in [1.807, 2.05) is 63.0 Å². The topological polar surface area (TPSA) is 76.0 Å². The van der Waals surface area contributed by atoms with Crippen molar-refractivity contribution in [3.8, 4) is 0 Å². The first kappa shape index (κ1) is 25.1. The molecule has 8 nitrogen and oxygen atoms in total. The van der Waals surface area contributed by atoms with Crippen LogP contribution in [0.2, 0.25) is 5.02 Å². The van der Waals surface area contributed by atoms with Crippen molar-refractivity contribution in [2.45, 2.75) is 38.0 Å². The highest BCUT2D eigenvalue weighted by Crippen LogP contribution is 2.53. The van der Waals surface area contributed by atoms with Crippen molar-refractivity contribution in [3.05, 3.63) is 82.2 Å². The van der Waals surface area contributed by atoms with E-state index in [4.69, 9.17) is 26.1 Å². The smallest absolute Gasteiger partial charge is 0.410 e. The standard InChI is InChI=1S/C29H32ClN5O3/c1-28(2,3)38-27(36)35-12-10-34(11-13-35)26-21-8-7-20(30)15-22(21)23(14-19-6-5-9-31-25(19)26)29(17-37-29)24-16-33(4)18-32-24/h5-9,14-16,18,26H,10-13,17H2,1-4H3/t26-,29?/m0/s1. The molecule has 3 aromatic rings. The Hall–Kier alpha value is -3.20. The largest absolute Gasteiger partial charge is 0.444 e. The molecule has 9 heteroatoms. The van der Waals surface area contributed by atoms with Crippen LogP contribution in [0.4, 0.5) is 4.79 Å². The number of aryl methyl sites for hydroxylation is 1. The van der Waals surface area contributed by atoms with Crippen LogP contribution in [-0.4, -0.2) is 68.8 Å². The summed E-state index contributed by atoms with van der Waals surface area (Å²) in [4.78, 5) is 26.4. The third kappa shape index (κ3) is 4.51. The Morgan fingerprint density at radius 1 is 1.16 bits per heavy atom. The number of carbonyl (C=O) groups is 1. The first-order valence-electron chi connectivity index (χ1n) is 13.0. The van der Waals surface area contributed by atoms with E-state index in [1.54, 1.807) is 11.2 Å². The molecule has 0 spiro atoms. The minimum atomic E-state index is -0.627. The summed E-state index contributed by atoms with van der Waals surface area (Å²) >= 11 is 6.59. The normalized spacial score (nSPS) is 23.2. The summed E-state index contributed by atoms with van der Waals surface area (Å²) in [6.07, 6.45) is 7.59. The lowest BCUT2D eigenvalue weighted by molar-refractivity contribution is 0.0118. The van der Waals surface area contributed by atoms with Gasteiger partial charge in [-0.25, -0.2) is 9.78 Å². The Kier molecular flexibility index (Phi) is 6.09. The number of epoxide rings is 1. The molecule has 2 saturated heterocycles. The van der Waals surface area contributed by atoms with Crippen molar-refractivity contribution < 1.29 is 14.3 Å². The van der Waals surface area contributed by atoms with Gasteiger partial charge in [0.1, 0.15) is 5.60 Å². The Labute approximate surface area is 227 Å². The second-order valence-corrected chi connectivity index (χ2v) is 11.6. The van der Waals surface area contributed by atoms with Crippen LogP contribution in [0.3, 0.4) is 0 Å². The number of hydrogen-bond donors (Lipinski definition) is 0. The number of nitrogens with zero attached hydrogens (tertiary/aromatic N) is 5. The first-order valence-corrected chi connectivity index (χ1v) is 13.3. The van der Waals surface area contributed by atoms with Gasteiger partial charge in [-0.2, -0.15) is 0 Å². The van der Waals surface area contributed by atoms with E-state index in [-0.39, 0.29) is 12.1 Å². The van der Waals surface area contributed by atoms with Crippen LogP contribution in [0.15, 0.2) is 49.1 Å². The predicted octanol–water partition coefficient (Wildman–Crippen LogP) is 4.89. The monoisotopic (exact) mass is 533 g/mol. The minimum Gasteiger partial charge on any atom is -0.444 e. The second kappa shape index (κ2) is 9.22. The predicted molar refractivity (Wildman–Crippen MR) is 146 cm³/mol. The van der Waals surface area contributed by atoms with Gasteiger partial charge in [-0.1, -0.05) is 23.7 Å². The van der Waals surface area contributed by atoms with Crippen LogP contribution in [0.5, 0.6) is 0 Å². The zero-order valence-corrected chi connectivity index (χ0v) is 22.9. The van der Waals surface area contributed by atoms with Crippen LogP contribution >= 0.6 is 11.6 Å². The summed E-state index contributed by atoms with van der Waals surface area (Å²) in [5, 5.41) is 0.666. The maximum Gasteiger partial charge on any atom is 0.410 e. The van der Waals surface area contributed by atoms with Gasteiger partial charge in [0.05, 0.1) is 30.4 Å². The number of aromatic nitrogens is 3. The Bertz CT molecular complexity index is 1410. The zero-order chi connectivity index (χ0) is 26.7. The van der Waals surface area contributed by atoms with Gasteiger partial charge < -0.3 is 18.9 Å². The number of halogens is 1. The lowest BCUT2D eigenvalue weighted by Crippen LogP contribution is -2.51.